The van der Waals surface area contributed by atoms with E-state index >= 15 is 0 Å². The molecule has 1 fully saturated rings. The van der Waals surface area contributed by atoms with Crippen molar-refractivity contribution in [1.29, 1.82) is 0 Å². The first-order valence-corrected chi connectivity index (χ1v) is 6.61. The van der Waals surface area contributed by atoms with Gasteiger partial charge in [-0.3, -0.25) is 4.79 Å². The number of rotatable bonds is 4. The van der Waals surface area contributed by atoms with Crippen molar-refractivity contribution in [1.82, 2.24) is 0 Å². The van der Waals surface area contributed by atoms with Crippen LogP contribution in [0.1, 0.15) is 44.1 Å². The number of benzene rings is 1. The second-order valence-corrected chi connectivity index (χ2v) is 5.12. The summed E-state index contributed by atoms with van der Waals surface area (Å²) in [6, 6.07) is 3.72. The molecule has 1 aromatic rings. The van der Waals surface area contributed by atoms with E-state index in [1.54, 1.807) is 0 Å². The lowest BCUT2D eigenvalue weighted by atomic mass is 9.85. The Bertz CT molecular complexity index is 402. The van der Waals surface area contributed by atoms with Gasteiger partial charge in [0, 0.05) is 18.4 Å². The van der Waals surface area contributed by atoms with E-state index in [2.05, 4.69) is 0 Å². The fourth-order valence-corrected chi connectivity index (χ4v) is 2.68. The molecule has 0 spiro atoms. The minimum absolute atomic E-state index is 0.0501. The number of hydrogen-bond donors (Lipinski definition) is 0. The minimum atomic E-state index is -0.619. The van der Waals surface area contributed by atoms with E-state index in [4.69, 9.17) is 0 Å². The lowest BCUT2D eigenvalue weighted by Gasteiger charge is -2.20. The van der Waals surface area contributed by atoms with Gasteiger partial charge in [-0.2, -0.15) is 0 Å². The Labute approximate surface area is 106 Å². The van der Waals surface area contributed by atoms with Crippen molar-refractivity contribution in [3.63, 3.8) is 0 Å². The van der Waals surface area contributed by atoms with Gasteiger partial charge in [-0.25, -0.2) is 8.78 Å². The zero-order valence-electron chi connectivity index (χ0n) is 10.4. The number of ketones is 1. The predicted molar refractivity (Wildman–Crippen MR) is 66.3 cm³/mol. The van der Waals surface area contributed by atoms with Crippen molar-refractivity contribution >= 4 is 5.78 Å². The summed E-state index contributed by atoms with van der Waals surface area (Å²) >= 11 is 0. The molecule has 0 radical (unpaired) electrons. The summed E-state index contributed by atoms with van der Waals surface area (Å²) in [5.41, 5.74) is -0.0849. The van der Waals surface area contributed by atoms with Gasteiger partial charge in [0.05, 0.1) is 0 Å². The first-order chi connectivity index (χ1) is 8.66. The summed E-state index contributed by atoms with van der Waals surface area (Å²) < 4.78 is 26.8. The molecule has 0 unspecified atom stereocenters. The Morgan fingerprint density at radius 3 is 2.33 bits per heavy atom. The standard InChI is InChI=1S/C15H18F2O/c16-14-7-4-8-15(17)13(14)10-12(18)9-11-5-2-1-3-6-11/h4,7-8,11H,1-3,5-6,9-10H2. The van der Waals surface area contributed by atoms with Crippen LogP contribution < -0.4 is 0 Å². The van der Waals surface area contributed by atoms with Gasteiger partial charge in [0.2, 0.25) is 0 Å². The van der Waals surface area contributed by atoms with Crippen molar-refractivity contribution in [2.24, 2.45) is 5.92 Å². The van der Waals surface area contributed by atoms with Gasteiger partial charge in [-0.1, -0.05) is 38.2 Å². The van der Waals surface area contributed by atoms with Crippen LogP contribution >= 0.6 is 0 Å². The molecule has 0 aromatic heterocycles. The maximum atomic E-state index is 13.4. The van der Waals surface area contributed by atoms with Gasteiger partial charge < -0.3 is 0 Å². The topological polar surface area (TPSA) is 17.1 Å². The molecule has 1 aromatic carbocycles. The molecule has 3 heteroatoms. The van der Waals surface area contributed by atoms with Crippen LogP contribution in [0.4, 0.5) is 8.78 Å². The van der Waals surface area contributed by atoms with Crippen LogP contribution in [-0.2, 0) is 11.2 Å². The van der Waals surface area contributed by atoms with Gasteiger partial charge >= 0.3 is 0 Å². The third kappa shape index (κ3) is 3.37. The first kappa shape index (κ1) is 13.2. The maximum absolute atomic E-state index is 13.4. The third-order valence-electron chi connectivity index (χ3n) is 3.68. The minimum Gasteiger partial charge on any atom is -0.299 e. The number of hydrogen-bond acceptors (Lipinski definition) is 1. The van der Waals surface area contributed by atoms with Crippen molar-refractivity contribution in [3.8, 4) is 0 Å². The van der Waals surface area contributed by atoms with E-state index in [9.17, 15) is 13.6 Å². The quantitative estimate of drug-likeness (QED) is 0.790. The maximum Gasteiger partial charge on any atom is 0.137 e. The monoisotopic (exact) mass is 252 g/mol. The molecule has 1 aliphatic rings. The van der Waals surface area contributed by atoms with E-state index in [-0.39, 0.29) is 17.8 Å². The largest absolute Gasteiger partial charge is 0.299 e. The van der Waals surface area contributed by atoms with Crippen LogP contribution in [0.3, 0.4) is 0 Å². The summed E-state index contributed by atoms with van der Waals surface area (Å²) in [6.45, 7) is 0. The second-order valence-electron chi connectivity index (χ2n) is 5.12. The number of halogens is 2. The Morgan fingerprint density at radius 2 is 1.72 bits per heavy atom. The zero-order valence-corrected chi connectivity index (χ0v) is 10.4. The molecule has 0 atom stereocenters. The molecule has 0 N–H and O–H groups in total. The van der Waals surface area contributed by atoms with E-state index in [1.807, 2.05) is 0 Å². The highest BCUT2D eigenvalue weighted by atomic mass is 19.1. The predicted octanol–water partition coefficient (Wildman–Crippen LogP) is 4.05. The van der Waals surface area contributed by atoms with Gasteiger partial charge in [0.25, 0.3) is 0 Å². The molecule has 0 saturated heterocycles. The van der Waals surface area contributed by atoms with Gasteiger partial charge in [-0.05, 0) is 18.1 Å². The van der Waals surface area contributed by atoms with Gasteiger partial charge in [0.15, 0.2) is 0 Å². The van der Waals surface area contributed by atoms with Crippen LogP contribution in [0.5, 0.6) is 0 Å². The van der Waals surface area contributed by atoms with Crippen LogP contribution in [-0.4, -0.2) is 5.78 Å². The average molecular weight is 252 g/mol. The zero-order chi connectivity index (χ0) is 13.0. The van der Waals surface area contributed by atoms with E-state index in [1.165, 1.54) is 37.5 Å². The van der Waals surface area contributed by atoms with E-state index in [0.29, 0.717) is 12.3 Å². The van der Waals surface area contributed by atoms with Crippen molar-refractivity contribution in [2.45, 2.75) is 44.9 Å². The molecular weight excluding hydrogens is 234 g/mol. The Kier molecular flexibility index (Phi) is 4.45. The van der Waals surface area contributed by atoms with Gasteiger partial charge in [-0.15, -0.1) is 0 Å². The lowest BCUT2D eigenvalue weighted by molar-refractivity contribution is -0.119. The van der Waals surface area contributed by atoms with Crippen LogP contribution in [0, 0.1) is 17.6 Å². The Balaban J connectivity index is 1.94. The normalized spacial score (nSPS) is 16.8. The molecule has 0 bridgehead atoms. The van der Waals surface area contributed by atoms with Crippen molar-refractivity contribution in [2.75, 3.05) is 0 Å². The molecule has 0 amide bonds. The SMILES string of the molecule is O=C(Cc1c(F)cccc1F)CC1CCCCC1. The lowest BCUT2D eigenvalue weighted by Crippen LogP contribution is -2.14. The summed E-state index contributed by atoms with van der Waals surface area (Å²) in [5, 5.41) is 0. The smallest absolute Gasteiger partial charge is 0.137 e. The molecule has 98 valence electrons. The third-order valence-corrected chi connectivity index (χ3v) is 3.68. The molecule has 0 heterocycles. The fraction of sp³-hybridized carbons (Fsp3) is 0.533. The first-order valence-electron chi connectivity index (χ1n) is 6.61. The van der Waals surface area contributed by atoms with E-state index < -0.39 is 11.6 Å². The van der Waals surface area contributed by atoms with E-state index in [0.717, 1.165) is 12.8 Å². The summed E-state index contributed by atoms with van der Waals surface area (Å²) in [5.74, 6) is -0.869. The molecule has 2 rings (SSSR count). The van der Waals surface area contributed by atoms with Gasteiger partial charge in [0.1, 0.15) is 17.4 Å². The highest BCUT2D eigenvalue weighted by molar-refractivity contribution is 5.81. The van der Waals surface area contributed by atoms with Crippen LogP contribution in [0.15, 0.2) is 18.2 Å². The summed E-state index contributed by atoms with van der Waals surface area (Å²) in [4.78, 5) is 11.9. The molecule has 1 nitrogen and oxygen atoms in total. The highest BCUT2D eigenvalue weighted by Crippen LogP contribution is 2.27. The number of carbonyl (C=O) groups excluding carboxylic acids is 1. The molecular formula is C15H18F2O. The average Bonchev–Trinajstić information content (AvgIpc) is 2.35. The Morgan fingerprint density at radius 1 is 1.11 bits per heavy atom. The fourth-order valence-electron chi connectivity index (χ4n) is 2.68. The summed E-state index contributed by atoms with van der Waals surface area (Å²) in [6.07, 6.45) is 6.09. The molecule has 1 saturated carbocycles. The molecule has 18 heavy (non-hydrogen) atoms. The van der Waals surface area contributed by atoms with Crippen molar-refractivity contribution in [3.05, 3.63) is 35.4 Å². The second kappa shape index (κ2) is 6.07. The molecule has 1 aliphatic carbocycles. The summed E-state index contributed by atoms with van der Waals surface area (Å²) in [7, 11) is 0. The number of Topliss-reactive ketones (excluding diaryl/α,β-unsaturated/α-hetero) is 1. The number of carbonyl (C=O) groups is 1. The Hall–Kier alpha value is -1.25. The van der Waals surface area contributed by atoms with Crippen molar-refractivity contribution < 1.29 is 13.6 Å². The van der Waals surface area contributed by atoms with Crippen LogP contribution in [0.25, 0.3) is 0 Å². The van der Waals surface area contributed by atoms with Crippen LogP contribution in [0.2, 0.25) is 0 Å². The molecule has 0 aliphatic heterocycles. The highest BCUT2D eigenvalue weighted by Gasteiger charge is 2.19.